The molecule has 1 fully saturated rings. The zero-order chi connectivity index (χ0) is 19.4. The number of hydrogen-bond donors (Lipinski definition) is 0. The maximum atomic E-state index is 13.1. The first-order valence-electron chi connectivity index (χ1n) is 9.57. The molecule has 1 saturated heterocycles. The van der Waals surface area contributed by atoms with E-state index in [1.807, 2.05) is 6.07 Å². The second-order valence-corrected chi connectivity index (χ2v) is 6.93. The van der Waals surface area contributed by atoms with E-state index < -0.39 is 0 Å². The van der Waals surface area contributed by atoms with E-state index in [1.165, 1.54) is 4.68 Å². The lowest BCUT2D eigenvalue weighted by molar-refractivity contribution is -0.130. The van der Waals surface area contributed by atoms with E-state index in [4.69, 9.17) is 0 Å². The van der Waals surface area contributed by atoms with Crippen molar-refractivity contribution in [1.82, 2.24) is 19.6 Å². The Hall–Kier alpha value is -2.70. The Morgan fingerprint density at radius 3 is 2.26 bits per heavy atom. The van der Waals surface area contributed by atoms with E-state index in [1.54, 1.807) is 34.9 Å². The third kappa shape index (κ3) is 4.02. The molecule has 1 aromatic heterocycles. The predicted octanol–water partition coefficient (Wildman–Crippen LogP) is 1.89. The minimum absolute atomic E-state index is 0.0233. The Morgan fingerprint density at radius 1 is 1.00 bits per heavy atom. The number of amides is 2. The van der Waals surface area contributed by atoms with Gasteiger partial charge in [-0.2, -0.15) is 5.10 Å². The number of nitrogens with zero attached hydrogens (tertiary/aromatic N) is 4. The van der Waals surface area contributed by atoms with Crippen LogP contribution >= 0.6 is 0 Å². The van der Waals surface area contributed by atoms with Gasteiger partial charge in [-0.05, 0) is 12.5 Å². The standard InChI is InChI=1S/C20H26N4O3/c1-3-4-7-10-24-19(26)17-9-6-5-8-16(17)18(21-24)20(27)23-13-11-22(12-14-23)15(2)25/h5-6,8-9H,3-4,7,10-14H2,1-2H3. The number of unbranched alkanes of at least 4 members (excludes halogenated alkanes) is 2. The molecule has 1 aromatic carbocycles. The largest absolute Gasteiger partial charge is 0.339 e. The lowest BCUT2D eigenvalue weighted by Crippen LogP contribution is -2.50. The van der Waals surface area contributed by atoms with Crippen LogP contribution in [-0.4, -0.2) is 57.6 Å². The average molecular weight is 370 g/mol. The van der Waals surface area contributed by atoms with Crippen molar-refractivity contribution in [3.8, 4) is 0 Å². The molecule has 1 aliphatic heterocycles. The summed E-state index contributed by atoms with van der Waals surface area (Å²) in [5, 5.41) is 5.55. The van der Waals surface area contributed by atoms with E-state index in [2.05, 4.69) is 12.0 Å². The van der Waals surface area contributed by atoms with Crippen molar-refractivity contribution >= 4 is 22.6 Å². The summed E-state index contributed by atoms with van der Waals surface area (Å²) in [5.74, 6) is -0.159. The fourth-order valence-electron chi connectivity index (χ4n) is 3.43. The molecule has 0 N–H and O–H groups in total. The van der Waals surface area contributed by atoms with Gasteiger partial charge in [-0.25, -0.2) is 4.68 Å². The number of carbonyl (C=O) groups excluding carboxylic acids is 2. The number of rotatable bonds is 5. The average Bonchev–Trinajstić information content (AvgIpc) is 2.69. The molecule has 2 aromatic rings. The van der Waals surface area contributed by atoms with Crippen LogP contribution in [0, 0.1) is 0 Å². The van der Waals surface area contributed by atoms with Gasteiger partial charge in [0.05, 0.1) is 5.39 Å². The van der Waals surface area contributed by atoms with Gasteiger partial charge in [-0.15, -0.1) is 0 Å². The molecular weight excluding hydrogens is 344 g/mol. The molecule has 7 heteroatoms. The van der Waals surface area contributed by atoms with Crippen molar-refractivity contribution in [3.05, 3.63) is 40.3 Å². The van der Waals surface area contributed by atoms with E-state index in [9.17, 15) is 14.4 Å². The summed E-state index contributed by atoms with van der Waals surface area (Å²) in [6.45, 7) is 6.15. The summed E-state index contributed by atoms with van der Waals surface area (Å²) in [6.07, 6.45) is 2.92. The maximum absolute atomic E-state index is 13.1. The number of hydrogen-bond acceptors (Lipinski definition) is 4. The number of fused-ring (bicyclic) bond motifs is 1. The Bertz CT molecular complexity index is 898. The molecule has 3 rings (SSSR count). The summed E-state index contributed by atoms with van der Waals surface area (Å²) in [5.41, 5.74) is 0.164. The first-order chi connectivity index (χ1) is 13.0. The van der Waals surface area contributed by atoms with Gasteiger partial charge in [0.1, 0.15) is 0 Å². The van der Waals surface area contributed by atoms with Crippen LogP contribution in [0.1, 0.15) is 43.6 Å². The summed E-state index contributed by atoms with van der Waals surface area (Å²) in [4.78, 5) is 40.8. The van der Waals surface area contributed by atoms with Gasteiger partial charge in [-0.1, -0.05) is 38.0 Å². The van der Waals surface area contributed by atoms with Crippen molar-refractivity contribution in [1.29, 1.82) is 0 Å². The van der Waals surface area contributed by atoms with Crippen LogP contribution in [0.2, 0.25) is 0 Å². The first kappa shape index (κ1) is 19.1. The number of aryl methyl sites for hydroxylation is 1. The second kappa shape index (κ2) is 8.33. The van der Waals surface area contributed by atoms with Gasteiger partial charge in [0.15, 0.2) is 5.69 Å². The zero-order valence-electron chi connectivity index (χ0n) is 16.0. The SMILES string of the molecule is CCCCCn1nc(C(=O)N2CCN(C(C)=O)CC2)c2ccccc2c1=O. The quantitative estimate of drug-likeness (QED) is 0.753. The number of piperazine rings is 1. The van der Waals surface area contributed by atoms with Crippen molar-refractivity contribution in [2.75, 3.05) is 26.2 Å². The molecule has 27 heavy (non-hydrogen) atoms. The Morgan fingerprint density at radius 2 is 1.63 bits per heavy atom. The molecule has 2 heterocycles. The second-order valence-electron chi connectivity index (χ2n) is 6.93. The highest BCUT2D eigenvalue weighted by molar-refractivity contribution is 6.04. The molecule has 0 radical (unpaired) electrons. The van der Waals surface area contributed by atoms with Crippen molar-refractivity contribution in [2.24, 2.45) is 0 Å². The van der Waals surface area contributed by atoms with Gasteiger partial charge in [0.25, 0.3) is 11.5 Å². The summed E-state index contributed by atoms with van der Waals surface area (Å²) in [7, 11) is 0. The maximum Gasteiger partial charge on any atom is 0.275 e. The van der Waals surface area contributed by atoms with E-state index in [0.29, 0.717) is 49.2 Å². The number of benzene rings is 1. The molecule has 1 aliphatic rings. The smallest absolute Gasteiger partial charge is 0.275 e. The molecular formula is C20H26N4O3. The predicted molar refractivity (Wildman–Crippen MR) is 104 cm³/mol. The Balaban J connectivity index is 1.93. The third-order valence-corrected chi connectivity index (χ3v) is 5.06. The normalized spacial score (nSPS) is 14.6. The topological polar surface area (TPSA) is 75.5 Å². The molecule has 0 bridgehead atoms. The Kier molecular flexibility index (Phi) is 5.88. The zero-order valence-corrected chi connectivity index (χ0v) is 16.0. The van der Waals surface area contributed by atoms with Gasteiger partial charge in [-0.3, -0.25) is 14.4 Å². The fraction of sp³-hybridized carbons (Fsp3) is 0.500. The first-order valence-corrected chi connectivity index (χ1v) is 9.57. The van der Waals surface area contributed by atoms with Gasteiger partial charge in [0.2, 0.25) is 5.91 Å². The number of carbonyl (C=O) groups is 2. The lowest BCUT2D eigenvalue weighted by atomic mass is 10.1. The highest BCUT2D eigenvalue weighted by Gasteiger charge is 2.26. The minimum Gasteiger partial charge on any atom is -0.339 e. The van der Waals surface area contributed by atoms with E-state index >= 15 is 0 Å². The van der Waals surface area contributed by atoms with Crippen molar-refractivity contribution in [2.45, 2.75) is 39.7 Å². The highest BCUT2D eigenvalue weighted by Crippen LogP contribution is 2.17. The van der Waals surface area contributed by atoms with E-state index in [0.717, 1.165) is 19.3 Å². The molecule has 144 valence electrons. The molecule has 0 spiro atoms. The van der Waals surface area contributed by atoms with Crippen LogP contribution in [0.5, 0.6) is 0 Å². The van der Waals surface area contributed by atoms with Crippen LogP contribution in [0.25, 0.3) is 10.8 Å². The van der Waals surface area contributed by atoms with Crippen molar-refractivity contribution in [3.63, 3.8) is 0 Å². The van der Waals surface area contributed by atoms with Crippen LogP contribution in [0.3, 0.4) is 0 Å². The molecule has 0 aliphatic carbocycles. The molecule has 7 nitrogen and oxygen atoms in total. The molecule has 0 unspecified atom stereocenters. The third-order valence-electron chi connectivity index (χ3n) is 5.06. The summed E-state index contributed by atoms with van der Waals surface area (Å²) in [6, 6.07) is 7.15. The monoisotopic (exact) mass is 370 g/mol. The van der Waals surface area contributed by atoms with Crippen LogP contribution in [-0.2, 0) is 11.3 Å². The van der Waals surface area contributed by atoms with Gasteiger partial charge >= 0.3 is 0 Å². The molecule has 0 saturated carbocycles. The summed E-state index contributed by atoms with van der Waals surface area (Å²) >= 11 is 0. The van der Waals surface area contributed by atoms with Crippen LogP contribution in [0.15, 0.2) is 29.1 Å². The van der Waals surface area contributed by atoms with Gasteiger partial charge in [0, 0.05) is 45.0 Å². The molecule has 2 amide bonds. The minimum atomic E-state index is -0.182. The molecule has 0 atom stereocenters. The van der Waals surface area contributed by atoms with Crippen molar-refractivity contribution < 1.29 is 9.59 Å². The summed E-state index contributed by atoms with van der Waals surface area (Å²) < 4.78 is 1.43. The Labute approximate surface area is 158 Å². The lowest BCUT2D eigenvalue weighted by Gasteiger charge is -2.34. The van der Waals surface area contributed by atoms with Crippen LogP contribution in [0.4, 0.5) is 0 Å². The number of aromatic nitrogens is 2. The van der Waals surface area contributed by atoms with Gasteiger partial charge < -0.3 is 9.80 Å². The van der Waals surface area contributed by atoms with E-state index in [-0.39, 0.29) is 17.4 Å². The highest BCUT2D eigenvalue weighted by atomic mass is 16.2. The van der Waals surface area contributed by atoms with Crippen LogP contribution < -0.4 is 5.56 Å². The fourth-order valence-corrected chi connectivity index (χ4v) is 3.43.